The number of carbonyl (C=O) groups excluding carboxylic acids is 3. The Morgan fingerprint density at radius 3 is 2.58 bits per heavy atom. The monoisotopic (exact) mass is 532 g/mol. The van der Waals surface area contributed by atoms with E-state index in [-0.39, 0.29) is 11.6 Å². The molecule has 0 bridgehead atoms. The highest BCUT2D eigenvalue weighted by Gasteiger charge is 2.58. The van der Waals surface area contributed by atoms with Crippen LogP contribution in [0.25, 0.3) is 6.08 Å². The molecule has 192 valence electrons. The molecular formula is C27H21FN4O5S. The van der Waals surface area contributed by atoms with Crippen molar-refractivity contribution in [2.45, 2.75) is 12.2 Å². The minimum Gasteiger partial charge on any atom is -0.447 e. The van der Waals surface area contributed by atoms with Crippen LogP contribution in [0.2, 0.25) is 0 Å². The molecule has 38 heavy (non-hydrogen) atoms. The van der Waals surface area contributed by atoms with Crippen molar-refractivity contribution in [1.29, 1.82) is 0 Å². The molecule has 3 amide bonds. The molecule has 0 saturated carbocycles. The van der Waals surface area contributed by atoms with E-state index >= 15 is 0 Å². The van der Waals surface area contributed by atoms with Gasteiger partial charge in [0, 0.05) is 18.0 Å². The van der Waals surface area contributed by atoms with E-state index in [9.17, 15) is 18.8 Å². The first-order valence-electron chi connectivity index (χ1n) is 11.6. The third kappa shape index (κ3) is 4.96. The van der Waals surface area contributed by atoms with Crippen LogP contribution in [0.15, 0.2) is 85.2 Å². The highest BCUT2D eigenvalue weighted by Crippen LogP contribution is 2.40. The van der Waals surface area contributed by atoms with Gasteiger partial charge in [-0.25, -0.2) is 24.4 Å². The molecule has 2 aliphatic rings. The van der Waals surface area contributed by atoms with E-state index in [0.29, 0.717) is 5.56 Å². The zero-order valence-electron chi connectivity index (χ0n) is 19.8. The lowest BCUT2D eigenvalue weighted by atomic mass is 9.90. The van der Waals surface area contributed by atoms with E-state index in [1.165, 1.54) is 29.2 Å². The van der Waals surface area contributed by atoms with Crippen LogP contribution in [-0.4, -0.2) is 50.6 Å². The first-order chi connectivity index (χ1) is 18.4. The molecule has 0 radical (unpaired) electrons. The molecular weight excluding hydrogens is 511 g/mol. The average molecular weight is 533 g/mol. The van der Waals surface area contributed by atoms with E-state index in [2.05, 4.69) is 10.5 Å². The van der Waals surface area contributed by atoms with Gasteiger partial charge in [-0.05, 0) is 41.5 Å². The molecule has 3 atom stereocenters. The van der Waals surface area contributed by atoms with Crippen LogP contribution in [0.3, 0.4) is 0 Å². The number of pyridine rings is 1. The molecule has 3 heterocycles. The van der Waals surface area contributed by atoms with Crippen molar-refractivity contribution >= 4 is 41.4 Å². The summed E-state index contributed by atoms with van der Waals surface area (Å²) in [5, 5.41) is 0. The maximum Gasteiger partial charge on any atom is 0.442 e. The maximum atomic E-state index is 13.2. The summed E-state index contributed by atoms with van der Waals surface area (Å²) in [6.45, 7) is 0.0579. The fourth-order valence-corrected chi connectivity index (χ4v) is 4.50. The van der Waals surface area contributed by atoms with Crippen LogP contribution >= 0.6 is 12.2 Å². The molecule has 1 aromatic heterocycles. The molecule has 2 saturated heterocycles. The Kier molecular flexibility index (Phi) is 7.09. The Balaban J connectivity index is 1.39. The summed E-state index contributed by atoms with van der Waals surface area (Å²) in [5.74, 6) is -1.86. The molecule has 11 heteroatoms. The normalized spacial score (nSPS) is 20.7. The standard InChI is InChI=1S/C27H21FN4O5S/c28-20-11-9-19(10-12-20)23(38)30-37-27(35)32-24(21(25(32)33)13-8-17-5-4-14-29-15-17)31-22(16-36-26(31)34)18-6-2-1-3-7-18/h1-15,21-22,24H,16H2,(H,30,38)/t21-,22-,24-/m1/s1. The molecule has 1 N–H and O–H groups in total. The van der Waals surface area contributed by atoms with Gasteiger partial charge in [-0.2, -0.15) is 0 Å². The second-order valence-corrected chi connectivity index (χ2v) is 8.92. The van der Waals surface area contributed by atoms with Gasteiger partial charge in [-0.1, -0.05) is 60.8 Å². The van der Waals surface area contributed by atoms with Crippen molar-refractivity contribution in [2.24, 2.45) is 5.92 Å². The van der Waals surface area contributed by atoms with Crippen LogP contribution < -0.4 is 5.48 Å². The van der Waals surface area contributed by atoms with Gasteiger partial charge in [0.05, 0.1) is 12.0 Å². The predicted molar refractivity (Wildman–Crippen MR) is 137 cm³/mol. The molecule has 9 nitrogen and oxygen atoms in total. The first kappa shape index (κ1) is 25.0. The van der Waals surface area contributed by atoms with Crippen molar-refractivity contribution in [2.75, 3.05) is 6.61 Å². The number of imide groups is 1. The molecule has 2 aromatic carbocycles. The van der Waals surface area contributed by atoms with Crippen molar-refractivity contribution in [3.8, 4) is 0 Å². The summed E-state index contributed by atoms with van der Waals surface area (Å²) < 4.78 is 18.5. The topological polar surface area (TPSA) is 101 Å². The van der Waals surface area contributed by atoms with Gasteiger partial charge in [0.25, 0.3) is 0 Å². The highest BCUT2D eigenvalue weighted by atomic mass is 32.1. The van der Waals surface area contributed by atoms with Gasteiger partial charge >= 0.3 is 12.2 Å². The zero-order valence-corrected chi connectivity index (χ0v) is 20.6. The lowest BCUT2D eigenvalue weighted by Gasteiger charge is -2.48. The number of carbonyl (C=O) groups is 3. The maximum absolute atomic E-state index is 13.2. The fourth-order valence-electron chi connectivity index (χ4n) is 4.32. The molecule has 2 aliphatic heterocycles. The minimum atomic E-state index is -1.05. The van der Waals surface area contributed by atoms with Crippen LogP contribution in [0.4, 0.5) is 14.0 Å². The van der Waals surface area contributed by atoms with Crippen LogP contribution in [0, 0.1) is 11.7 Å². The second-order valence-electron chi connectivity index (χ2n) is 8.51. The van der Waals surface area contributed by atoms with Gasteiger partial charge in [0.15, 0.2) is 0 Å². The third-order valence-corrected chi connectivity index (χ3v) is 6.52. The van der Waals surface area contributed by atoms with Gasteiger partial charge < -0.3 is 9.57 Å². The Bertz CT molecular complexity index is 1390. The number of aromatic nitrogens is 1. The number of hydrogen-bond donors (Lipinski definition) is 1. The summed E-state index contributed by atoms with van der Waals surface area (Å²) in [6, 6.07) is 17.5. The average Bonchev–Trinajstić information content (AvgIpc) is 3.32. The number of rotatable bonds is 5. The van der Waals surface area contributed by atoms with Crippen molar-refractivity contribution in [3.63, 3.8) is 0 Å². The first-order valence-corrected chi connectivity index (χ1v) is 12.0. The van der Waals surface area contributed by atoms with Gasteiger partial charge in [-0.3, -0.25) is 14.7 Å². The lowest BCUT2D eigenvalue weighted by molar-refractivity contribution is -0.159. The summed E-state index contributed by atoms with van der Waals surface area (Å²) >= 11 is 5.19. The molecule has 3 aromatic rings. The number of hydrogen-bond acceptors (Lipinski definition) is 7. The Morgan fingerprint density at radius 2 is 1.87 bits per heavy atom. The van der Waals surface area contributed by atoms with Gasteiger partial charge in [0.1, 0.15) is 23.6 Å². The van der Waals surface area contributed by atoms with E-state index in [0.717, 1.165) is 16.0 Å². The summed E-state index contributed by atoms with van der Waals surface area (Å²) in [6.07, 6.45) is 3.85. The predicted octanol–water partition coefficient (Wildman–Crippen LogP) is 4.23. The number of benzene rings is 2. The number of halogens is 1. The van der Waals surface area contributed by atoms with Crippen LogP contribution in [0.5, 0.6) is 0 Å². The molecule has 5 rings (SSSR count). The number of amides is 3. The molecule has 0 spiro atoms. The van der Waals surface area contributed by atoms with Gasteiger partial charge in [-0.15, -0.1) is 0 Å². The van der Waals surface area contributed by atoms with E-state index < -0.39 is 42.0 Å². The molecule has 0 aliphatic carbocycles. The number of nitrogens with zero attached hydrogens (tertiary/aromatic N) is 3. The van der Waals surface area contributed by atoms with Crippen molar-refractivity contribution < 1.29 is 28.3 Å². The Morgan fingerprint density at radius 1 is 1.11 bits per heavy atom. The number of β-lactam (4-membered cyclic amide) rings is 1. The highest BCUT2D eigenvalue weighted by molar-refractivity contribution is 7.80. The smallest absolute Gasteiger partial charge is 0.442 e. The van der Waals surface area contributed by atoms with E-state index in [1.54, 1.807) is 30.6 Å². The number of thiocarbonyl (C=S) groups is 1. The minimum absolute atomic E-state index is 0.0126. The number of hydroxylamine groups is 1. The zero-order chi connectivity index (χ0) is 26.6. The van der Waals surface area contributed by atoms with E-state index in [4.69, 9.17) is 21.8 Å². The van der Waals surface area contributed by atoms with Crippen molar-refractivity contribution in [1.82, 2.24) is 20.3 Å². The van der Waals surface area contributed by atoms with Crippen molar-refractivity contribution in [3.05, 3.63) is 108 Å². The number of nitrogens with one attached hydrogen (secondary N) is 1. The third-order valence-electron chi connectivity index (χ3n) is 6.20. The number of cyclic esters (lactones) is 1. The number of likely N-dealkylation sites (tertiary alicyclic amines) is 1. The lowest BCUT2D eigenvalue weighted by Crippen LogP contribution is -2.69. The fraction of sp³-hybridized carbons (Fsp3) is 0.148. The quantitative estimate of drug-likeness (QED) is 0.296. The second kappa shape index (κ2) is 10.8. The molecule has 0 unspecified atom stereocenters. The van der Waals surface area contributed by atoms with Crippen LogP contribution in [-0.2, 0) is 14.4 Å². The summed E-state index contributed by atoms with van der Waals surface area (Å²) in [4.78, 5) is 50.5. The largest absolute Gasteiger partial charge is 0.447 e. The SMILES string of the molecule is O=C(ONC(=S)c1ccc(F)cc1)N1C(=O)[C@H](C=Cc2cccnc2)[C@@H]1N1C(=O)OC[C@@H]1c1ccccc1. The van der Waals surface area contributed by atoms with E-state index in [1.807, 2.05) is 36.4 Å². The number of ether oxygens (including phenoxy) is 1. The Labute approximate surface area is 222 Å². The summed E-state index contributed by atoms with van der Waals surface area (Å²) in [5.41, 5.74) is 4.27. The Hall–Kier alpha value is -4.64. The van der Waals surface area contributed by atoms with Crippen LogP contribution in [0.1, 0.15) is 22.7 Å². The molecule has 2 fully saturated rings. The van der Waals surface area contributed by atoms with Gasteiger partial charge in [0.2, 0.25) is 5.91 Å². The summed E-state index contributed by atoms with van der Waals surface area (Å²) in [7, 11) is 0.